The molecule has 5 heteroatoms. The lowest BCUT2D eigenvalue weighted by Gasteiger charge is -2.16. The third-order valence-electron chi connectivity index (χ3n) is 3.29. The number of benzene rings is 1. The van der Waals surface area contributed by atoms with E-state index in [2.05, 4.69) is 4.98 Å². The smallest absolute Gasteiger partial charge is 0.230 e. The number of carbonyl (C=O) groups is 1. The Bertz CT molecular complexity index is 693. The van der Waals surface area contributed by atoms with Gasteiger partial charge in [0.15, 0.2) is 0 Å². The highest BCUT2D eigenvalue weighted by molar-refractivity contribution is 5.94. The minimum atomic E-state index is 0.0821. The van der Waals surface area contributed by atoms with Gasteiger partial charge < -0.3 is 16.4 Å². The van der Waals surface area contributed by atoms with E-state index in [1.807, 2.05) is 24.3 Å². The van der Waals surface area contributed by atoms with Crippen molar-refractivity contribution < 1.29 is 4.79 Å². The molecule has 0 saturated heterocycles. The molecule has 2 heterocycles. The predicted molar refractivity (Wildman–Crippen MR) is 74.9 cm³/mol. The van der Waals surface area contributed by atoms with Gasteiger partial charge in [0.2, 0.25) is 5.91 Å². The van der Waals surface area contributed by atoms with Crippen LogP contribution in [0.5, 0.6) is 0 Å². The zero-order chi connectivity index (χ0) is 13.4. The van der Waals surface area contributed by atoms with Crippen LogP contribution >= 0.6 is 0 Å². The Morgan fingerprint density at radius 1 is 1.32 bits per heavy atom. The third-order valence-corrected chi connectivity index (χ3v) is 3.29. The number of nitrogen functional groups attached to an aromatic ring is 2. The summed E-state index contributed by atoms with van der Waals surface area (Å²) in [6.45, 7) is 0.464. The van der Waals surface area contributed by atoms with E-state index < -0.39 is 0 Å². The molecule has 19 heavy (non-hydrogen) atoms. The number of amides is 1. The average Bonchev–Trinajstić information content (AvgIpc) is 2.77. The van der Waals surface area contributed by atoms with Crippen LogP contribution in [0.25, 0.3) is 10.8 Å². The number of fused-ring (bicyclic) bond motifs is 1. The van der Waals surface area contributed by atoms with Crippen LogP contribution in [0.2, 0.25) is 0 Å². The Hall–Kier alpha value is -2.56. The van der Waals surface area contributed by atoms with Crippen molar-refractivity contribution in [2.24, 2.45) is 0 Å². The first kappa shape index (κ1) is 11.5. The zero-order valence-electron chi connectivity index (χ0n) is 10.3. The van der Waals surface area contributed by atoms with Crippen molar-refractivity contribution >= 4 is 28.2 Å². The molecule has 0 bridgehead atoms. The molecular weight excluding hydrogens is 240 g/mol. The highest BCUT2D eigenvalue weighted by Gasteiger charge is 2.16. The molecule has 0 atom stereocenters. The summed E-state index contributed by atoms with van der Waals surface area (Å²) in [4.78, 5) is 17.3. The summed E-state index contributed by atoms with van der Waals surface area (Å²) in [7, 11) is 0. The van der Waals surface area contributed by atoms with Crippen LogP contribution in [0.4, 0.5) is 11.5 Å². The highest BCUT2D eigenvalue weighted by atomic mass is 16.2. The average molecular weight is 254 g/mol. The van der Waals surface area contributed by atoms with E-state index in [9.17, 15) is 4.79 Å². The largest absolute Gasteiger partial charge is 0.398 e. The maximum absolute atomic E-state index is 11.6. The molecule has 3 rings (SSSR count). The van der Waals surface area contributed by atoms with Gasteiger partial charge in [-0.05, 0) is 29.1 Å². The molecule has 4 N–H and O–H groups in total. The minimum absolute atomic E-state index is 0.0821. The number of rotatable bonds is 2. The maximum Gasteiger partial charge on any atom is 0.230 e. The van der Waals surface area contributed by atoms with E-state index in [0.717, 1.165) is 16.3 Å². The summed E-state index contributed by atoms with van der Waals surface area (Å²) >= 11 is 0. The number of carbonyl (C=O) groups excluding carboxylic acids is 1. The van der Waals surface area contributed by atoms with Gasteiger partial charge in [0.25, 0.3) is 0 Å². The monoisotopic (exact) mass is 254 g/mol. The number of nitrogens with two attached hydrogens (primary N) is 2. The quantitative estimate of drug-likeness (QED) is 0.798. The van der Waals surface area contributed by atoms with Crippen molar-refractivity contribution in [2.75, 3.05) is 11.5 Å². The predicted octanol–water partition coefficient (Wildman–Crippen LogP) is 1.65. The molecule has 0 fully saturated rings. The first-order valence-electron chi connectivity index (χ1n) is 6.04. The number of nitrogens with zero attached hydrogens (tertiary/aromatic N) is 2. The molecule has 2 aromatic rings. The molecule has 0 spiro atoms. The Balaban J connectivity index is 2.03. The van der Waals surface area contributed by atoms with Crippen molar-refractivity contribution in [1.29, 1.82) is 0 Å². The molecule has 1 aliphatic heterocycles. The standard InChI is InChI=1S/C14H14N4O/c15-12-7-9-3-4-17-14(16)11(9)6-10(12)8-18-5-1-2-13(18)19/h1,3-7H,2,8,15H2,(H2,16,17). The third kappa shape index (κ3) is 1.99. The van der Waals surface area contributed by atoms with Crippen molar-refractivity contribution in [3.63, 3.8) is 0 Å². The van der Waals surface area contributed by atoms with E-state index in [0.29, 0.717) is 24.5 Å². The first-order valence-corrected chi connectivity index (χ1v) is 6.04. The molecule has 0 radical (unpaired) electrons. The summed E-state index contributed by atoms with van der Waals surface area (Å²) in [5.41, 5.74) is 13.4. The second kappa shape index (κ2) is 4.28. The minimum Gasteiger partial charge on any atom is -0.398 e. The van der Waals surface area contributed by atoms with Gasteiger partial charge in [-0.3, -0.25) is 4.79 Å². The summed E-state index contributed by atoms with van der Waals surface area (Å²) in [6, 6.07) is 5.64. The zero-order valence-corrected chi connectivity index (χ0v) is 10.3. The van der Waals surface area contributed by atoms with Crippen LogP contribution in [0.3, 0.4) is 0 Å². The molecule has 1 amide bonds. The van der Waals surface area contributed by atoms with Crippen molar-refractivity contribution in [1.82, 2.24) is 9.88 Å². The highest BCUT2D eigenvalue weighted by Crippen LogP contribution is 2.26. The summed E-state index contributed by atoms with van der Waals surface area (Å²) < 4.78 is 0. The Morgan fingerprint density at radius 3 is 2.89 bits per heavy atom. The number of pyridine rings is 1. The fraction of sp³-hybridized carbons (Fsp3) is 0.143. The van der Waals surface area contributed by atoms with E-state index >= 15 is 0 Å². The van der Waals surface area contributed by atoms with Gasteiger partial charge in [-0.2, -0.15) is 0 Å². The van der Waals surface area contributed by atoms with Crippen LogP contribution in [-0.2, 0) is 11.3 Å². The van der Waals surface area contributed by atoms with Gasteiger partial charge in [-0.15, -0.1) is 0 Å². The summed E-state index contributed by atoms with van der Waals surface area (Å²) in [5.74, 6) is 0.556. The maximum atomic E-state index is 11.6. The van der Waals surface area contributed by atoms with E-state index in [-0.39, 0.29) is 5.91 Å². The van der Waals surface area contributed by atoms with E-state index in [1.165, 1.54) is 0 Å². The molecule has 1 aliphatic rings. The molecule has 5 nitrogen and oxygen atoms in total. The number of anilines is 2. The number of hydrogen-bond acceptors (Lipinski definition) is 4. The number of aromatic nitrogens is 1. The first-order chi connectivity index (χ1) is 9.15. The van der Waals surface area contributed by atoms with E-state index in [4.69, 9.17) is 11.5 Å². The van der Waals surface area contributed by atoms with Gasteiger partial charge in [0.05, 0.1) is 6.54 Å². The molecule has 96 valence electrons. The number of hydrogen-bond donors (Lipinski definition) is 2. The Labute approximate surface area is 110 Å². The van der Waals surface area contributed by atoms with Gasteiger partial charge in [0, 0.05) is 29.9 Å². The second-order valence-electron chi connectivity index (χ2n) is 4.58. The van der Waals surface area contributed by atoms with Gasteiger partial charge >= 0.3 is 0 Å². The molecule has 1 aromatic carbocycles. The van der Waals surface area contributed by atoms with Crippen molar-refractivity contribution in [2.45, 2.75) is 13.0 Å². The lowest BCUT2D eigenvalue weighted by Crippen LogP contribution is -2.20. The van der Waals surface area contributed by atoms with Gasteiger partial charge in [-0.1, -0.05) is 6.08 Å². The van der Waals surface area contributed by atoms with Gasteiger partial charge in [0.1, 0.15) is 5.82 Å². The fourth-order valence-electron chi connectivity index (χ4n) is 2.25. The van der Waals surface area contributed by atoms with Crippen molar-refractivity contribution in [3.05, 3.63) is 42.2 Å². The van der Waals surface area contributed by atoms with Crippen LogP contribution in [-0.4, -0.2) is 15.8 Å². The summed E-state index contributed by atoms with van der Waals surface area (Å²) in [5, 5.41) is 1.82. The normalized spacial score (nSPS) is 14.5. The Kier molecular flexibility index (Phi) is 2.59. The SMILES string of the molecule is Nc1cc2ccnc(N)c2cc1CN1C=CCC1=O. The Morgan fingerprint density at radius 2 is 2.16 bits per heavy atom. The molecule has 1 aromatic heterocycles. The molecule has 0 unspecified atom stereocenters. The van der Waals surface area contributed by atoms with Crippen molar-refractivity contribution in [3.8, 4) is 0 Å². The lowest BCUT2D eigenvalue weighted by molar-refractivity contribution is -0.127. The van der Waals surface area contributed by atoms with Crippen LogP contribution in [0, 0.1) is 0 Å². The van der Waals surface area contributed by atoms with Gasteiger partial charge in [-0.25, -0.2) is 4.98 Å². The fourth-order valence-corrected chi connectivity index (χ4v) is 2.25. The van der Waals surface area contributed by atoms with Crippen LogP contribution < -0.4 is 11.5 Å². The van der Waals surface area contributed by atoms with E-state index in [1.54, 1.807) is 17.3 Å². The van der Waals surface area contributed by atoms with Crippen LogP contribution in [0.1, 0.15) is 12.0 Å². The molecule has 0 aliphatic carbocycles. The molecular formula is C14H14N4O. The topological polar surface area (TPSA) is 85.2 Å². The molecule has 0 saturated carbocycles. The van der Waals surface area contributed by atoms with Crippen LogP contribution in [0.15, 0.2) is 36.7 Å². The lowest BCUT2D eigenvalue weighted by atomic mass is 10.1. The second-order valence-corrected chi connectivity index (χ2v) is 4.58. The summed E-state index contributed by atoms with van der Waals surface area (Å²) in [6.07, 6.45) is 5.74.